The molecule has 3 aliphatic rings. The number of fused-ring (bicyclic) bond motifs is 4. The van der Waals surface area contributed by atoms with Gasteiger partial charge < -0.3 is 9.64 Å². The average molecular weight is 454 g/mol. The lowest BCUT2D eigenvalue weighted by Gasteiger charge is -2.51. The van der Waals surface area contributed by atoms with E-state index in [0.29, 0.717) is 23.4 Å². The van der Waals surface area contributed by atoms with Gasteiger partial charge >= 0.3 is 6.09 Å². The standard InChI is InChI=1S/C24H28ClN5O2/c1-24(2,3)32-23(31)30-14-18-9-10-19(30)13-28(18)15-20-21(16-5-7-17(25)8-6-16)27-22-26-11-4-12-29(20)22/h4-8,11-12,18-19H,9-10,13-15H2,1-3H3. The molecule has 2 bridgehead atoms. The predicted molar refractivity (Wildman–Crippen MR) is 124 cm³/mol. The zero-order valence-corrected chi connectivity index (χ0v) is 19.4. The minimum absolute atomic E-state index is 0.172. The summed E-state index contributed by atoms with van der Waals surface area (Å²) in [6.07, 6.45) is 5.67. The summed E-state index contributed by atoms with van der Waals surface area (Å²) in [5, 5.41) is 0.702. The number of aromatic nitrogens is 3. The molecule has 1 amide bonds. The Labute approximate surface area is 193 Å². The number of hydrogen-bond acceptors (Lipinski definition) is 5. The van der Waals surface area contributed by atoms with Gasteiger partial charge in [-0.15, -0.1) is 0 Å². The highest BCUT2D eigenvalue weighted by Crippen LogP contribution is 2.33. The van der Waals surface area contributed by atoms with Crippen LogP contribution in [0.4, 0.5) is 4.79 Å². The van der Waals surface area contributed by atoms with Gasteiger partial charge in [0, 0.05) is 54.7 Å². The third-order valence-electron chi connectivity index (χ3n) is 6.24. The number of piperazine rings is 1. The number of imidazole rings is 1. The molecule has 3 aliphatic heterocycles. The Kier molecular flexibility index (Phi) is 5.34. The van der Waals surface area contributed by atoms with Gasteiger partial charge in [0.1, 0.15) is 5.60 Å². The Hall–Kier alpha value is -2.64. The van der Waals surface area contributed by atoms with E-state index < -0.39 is 5.60 Å². The number of carbonyl (C=O) groups is 1. The minimum atomic E-state index is -0.482. The Morgan fingerprint density at radius 2 is 1.91 bits per heavy atom. The fourth-order valence-electron chi connectivity index (χ4n) is 4.77. The van der Waals surface area contributed by atoms with Crippen molar-refractivity contribution in [2.45, 2.75) is 57.8 Å². The second-order valence-corrected chi connectivity index (χ2v) is 10.1. The van der Waals surface area contributed by atoms with Crippen molar-refractivity contribution in [1.29, 1.82) is 0 Å². The summed E-state index contributed by atoms with van der Waals surface area (Å²) in [5.41, 5.74) is 2.56. The molecule has 2 atom stereocenters. The molecule has 3 saturated heterocycles. The fourth-order valence-corrected chi connectivity index (χ4v) is 4.90. The van der Waals surface area contributed by atoms with E-state index in [1.165, 1.54) is 0 Å². The SMILES string of the molecule is CC(C)(C)OC(=O)N1CC2CCC1CN2Cc1c(-c2ccc(Cl)cc2)nc2ncccn12. The molecule has 5 heterocycles. The molecule has 6 rings (SSSR count). The fraction of sp³-hybridized carbons (Fsp3) is 0.458. The maximum Gasteiger partial charge on any atom is 0.410 e. The van der Waals surface area contributed by atoms with Gasteiger partial charge in [0.2, 0.25) is 5.78 Å². The summed E-state index contributed by atoms with van der Waals surface area (Å²) in [6, 6.07) is 10.2. The highest BCUT2D eigenvalue weighted by atomic mass is 35.5. The van der Waals surface area contributed by atoms with Crippen LogP contribution >= 0.6 is 11.6 Å². The number of amides is 1. The van der Waals surface area contributed by atoms with Crippen LogP contribution in [0, 0.1) is 0 Å². The lowest BCUT2D eigenvalue weighted by Crippen LogP contribution is -2.64. The molecule has 3 fully saturated rings. The Morgan fingerprint density at radius 3 is 2.59 bits per heavy atom. The van der Waals surface area contributed by atoms with E-state index in [9.17, 15) is 4.79 Å². The van der Waals surface area contributed by atoms with Gasteiger partial charge in [-0.05, 0) is 51.8 Å². The molecule has 7 nitrogen and oxygen atoms in total. The van der Waals surface area contributed by atoms with Crippen molar-refractivity contribution in [3.8, 4) is 11.3 Å². The van der Waals surface area contributed by atoms with Crippen molar-refractivity contribution in [2.75, 3.05) is 13.1 Å². The van der Waals surface area contributed by atoms with Gasteiger partial charge in [0.05, 0.1) is 11.4 Å². The number of carbonyl (C=O) groups excluding carboxylic acids is 1. The average Bonchev–Trinajstić information content (AvgIpc) is 3.12. The van der Waals surface area contributed by atoms with Crippen LogP contribution in [0.25, 0.3) is 17.0 Å². The minimum Gasteiger partial charge on any atom is -0.444 e. The number of piperidine rings is 2. The zero-order valence-electron chi connectivity index (χ0n) is 18.7. The summed E-state index contributed by atoms with van der Waals surface area (Å²) in [7, 11) is 0. The molecule has 2 aromatic heterocycles. The van der Waals surface area contributed by atoms with Crippen LogP contribution < -0.4 is 0 Å². The highest BCUT2D eigenvalue weighted by molar-refractivity contribution is 6.30. The van der Waals surface area contributed by atoms with Crippen molar-refractivity contribution in [3.63, 3.8) is 0 Å². The molecule has 1 aromatic carbocycles. The highest BCUT2D eigenvalue weighted by Gasteiger charge is 2.42. The summed E-state index contributed by atoms with van der Waals surface area (Å²) in [6.45, 7) is 8.01. The largest absolute Gasteiger partial charge is 0.444 e. The molecule has 168 valence electrons. The van der Waals surface area contributed by atoms with Gasteiger partial charge in [-0.3, -0.25) is 9.30 Å². The van der Waals surface area contributed by atoms with Crippen molar-refractivity contribution >= 4 is 23.5 Å². The molecule has 3 aromatic rings. The second-order valence-electron chi connectivity index (χ2n) is 9.65. The van der Waals surface area contributed by atoms with Gasteiger partial charge in [-0.2, -0.15) is 0 Å². The third-order valence-corrected chi connectivity index (χ3v) is 6.50. The number of hydrogen-bond donors (Lipinski definition) is 0. The van der Waals surface area contributed by atoms with Gasteiger partial charge in [0.15, 0.2) is 0 Å². The molecule has 32 heavy (non-hydrogen) atoms. The van der Waals surface area contributed by atoms with Crippen LogP contribution in [0.5, 0.6) is 0 Å². The van der Waals surface area contributed by atoms with Gasteiger partial charge in [0.25, 0.3) is 0 Å². The monoisotopic (exact) mass is 453 g/mol. The van der Waals surface area contributed by atoms with Crippen LogP contribution in [0.3, 0.4) is 0 Å². The molecular weight excluding hydrogens is 426 g/mol. The van der Waals surface area contributed by atoms with Crippen LogP contribution in [0.1, 0.15) is 39.3 Å². The molecule has 0 radical (unpaired) electrons. The zero-order chi connectivity index (χ0) is 22.5. The second kappa shape index (κ2) is 8.05. The number of halogens is 1. The lowest BCUT2D eigenvalue weighted by molar-refractivity contribution is -0.0439. The van der Waals surface area contributed by atoms with Crippen LogP contribution in [-0.2, 0) is 11.3 Å². The number of benzene rings is 1. The molecule has 8 heteroatoms. The molecule has 0 aliphatic carbocycles. The number of rotatable bonds is 3. The first kappa shape index (κ1) is 21.2. The molecule has 2 unspecified atom stereocenters. The first-order chi connectivity index (χ1) is 15.3. The molecular formula is C24H28ClN5O2. The van der Waals surface area contributed by atoms with E-state index in [0.717, 1.165) is 42.9 Å². The van der Waals surface area contributed by atoms with Crippen molar-refractivity contribution in [3.05, 3.63) is 53.4 Å². The molecule has 0 spiro atoms. The van der Waals surface area contributed by atoms with E-state index in [4.69, 9.17) is 21.3 Å². The number of nitrogens with zero attached hydrogens (tertiary/aromatic N) is 5. The van der Waals surface area contributed by atoms with Crippen LogP contribution in [-0.4, -0.2) is 61.0 Å². The maximum absolute atomic E-state index is 12.7. The van der Waals surface area contributed by atoms with Crippen LogP contribution in [0.15, 0.2) is 42.7 Å². The van der Waals surface area contributed by atoms with E-state index in [-0.39, 0.29) is 12.1 Å². The smallest absolute Gasteiger partial charge is 0.410 e. The Morgan fingerprint density at radius 1 is 1.16 bits per heavy atom. The maximum atomic E-state index is 12.7. The quantitative estimate of drug-likeness (QED) is 0.578. The first-order valence-electron chi connectivity index (χ1n) is 11.1. The van der Waals surface area contributed by atoms with E-state index in [1.54, 1.807) is 6.20 Å². The molecule has 0 saturated carbocycles. The van der Waals surface area contributed by atoms with Crippen molar-refractivity contribution in [1.82, 2.24) is 24.2 Å². The van der Waals surface area contributed by atoms with Crippen molar-refractivity contribution in [2.24, 2.45) is 0 Å². The molecule has 0 N–H and O–H groups in total. The lowest BCUT2D eigenvalue weighted by atomic mass is 9.91. The normalized spacial score (nSPS) is 21.3. The van der Waals surface area contributed by atoms with Crippen LogP contribution in [0.2, 0.25) is 5.02 Å². The van der Waals surface area contributed by atoms with E-state index in [1.807, 2.05) is 62.2 Å². The first-order valence-corrected chi connectivity index (χ1v) is 11.5. The Bertz CT molecular complexity index is 1140. The summed E-state index contributed by atoms with van der Waals surface area (Å²) in [4.78, 5) is 26.4. The third kappa shape index (κ3) is 4.07. The number of ether oxygens (including phenoxy) is 1. The summed E-state index contributed by atoms with van der Waals surface area (Å²) >= 11 is 6.11. The van der Waals surface area contributed by atoms with Gasteiger partial charge in [-0.1, -0.05) is 23.7 Å². The summed E-state index contributed by atoms with van der Waals surface area (Å²) in [5.74, 6) is 0.685. The van der Waals surface area contributed by atoms with E-state index >= 15 is 0 Å². The van der Waals surface area contributed by atoms with E-state index in [2.05, 4.69) is 14.3 Å². The van der Waals surface area contributed by atoms with Crippen molar-refractivity contribution < 1.29 is 9.53 Å². The van der Waals surface area contributed by atoms with Gasteiger partial charge in [-0.25, -0.2) is 14.8 Å². The topological polar surface area (TPSA) is 63.0 Å². The summed E-state index contributed by atoms with van der Waals surface area (Å²) < 4.78 is 7.72. The predicted octanol–water partition coefficient (Wildman–Crippen LogP) is 4.63. The Balaban J connectivity index is 1.42.